The van der Waals surface area contributed by atoms with E-state index in [0.29, 0.717) is 0 Å². The fourth-order valence-electron chi connectivity index (χ4n) is 7.51. The molecule has 264 valence electrons. The summed E-state index contributed by atoms with van der Waals surface area (Å²) >= 11 is 0. The van der Waals surface area contributed by atoms with Crippen LogP contribution in [0.1, 0.15) is 0 Å². The first-order valence-corrected chi connectivity index (χ1v) is 18.8. The molecule has 0 bridgehead atoms. The van der Waals surface area contributed by atoms with E-state index >= 15 is 0 Å². The van der Waals surface area contributed by atoms with Crippen molar-refractivity contribution in [1.82, 2.24) is 19.4 Å². The second kappa shape index (κ2) is 14.3. The topological polar surface area (TPSA) is 46.3 Å². The molecule has 0 fully saturated rings. The van der Waals surface area contributed by atoms with Gasteiger partial charge in [-0.3, -0.25) is 4.40 Å². The van der Waals surface area contributed by atoms with E-state index in [0.717, 1.165) is 89.9 Å². The molecule has 0 radical (unpaired) electrons. The third-order valence-electron chi connectivity index (χ3n) is 10.2. The zero-order valence-corrected chi connectivity index (χ0v) is 30.4. The van der Waals surface area contributed by atoms with Gasteiger partial charge in [0.25, 0.3) is 0 Å². The average molecular weight is 718 g/mol. The molecule has 7 aromatic carbocycles. The lowest BCUT2D eigenvalue weighted by Gasteiger charge is -2.26. The lowest BCUT2D eigenvalue weighted by atomic mass is 9.99. The molecule has 0 saturated carbocycles. The first-order valence-electron chi connectivity index (χ1n) is 18.8. The molecular formula is C51H35N5. The van der Waals surface area contributed by atoms with Gasteiger partial charge in [-0.2, -0.15) is 0 Å². The fourth-order valence-corrected chi connectivity index (χ4v) is 7.51. The Hall–Kier alpha value is -7.63. The van der Waals surface area contributed by atoms with Crippen molar-refractivity contribution in [2.75, 3.05) is 4.90 Å². The summed E-state index contributed by atoms with van der Waals surface area (Å²) < 4.78 is 2.18. The van der Waals surface area contributed by atoms with Crippen LogP contribution in [-0.4, -0.2) is 19.4 Å². The molecule has 56 heavy (non-hydrogen) atoms. The number of pyridine rings is 1. The zero-order valence-electron chi connectivity index (χ0n) is 30.4. The highest BCUT2D eigenvalue weighted by Crippen LogP contribution is 2.40. The van der Waals surface area contributed by atoms with Crippen molar-refractivity contribution >= 4 is 33.7 Å². The Morgan fingerprint density at radius 2 is 0.786 bits per heavy atom. The van der Waals surface area contributed by atoms with Crippen LogP contribution in [0.3, 0.4) is 0 Å². The van der Waals surface area contributed by atoms with Gasteiger partial charge >= 0.3 is 0 Å². The van der Waals surface area contributed by atoms with E-state index in [-0.39, 0.29) is 0 Å². The monoisotopic (exact) mass is 717 g/mol. The maximum absolute atomic E-state index is 5.10. The van der Waals surface area contributed by atoms with Gasteiger partial charge < -0.3 is 4.90 Å². The van der Waals surface area contributed by atoms with Gasteiger partial charge in [0.1, 0.15) is 5.65 Å². The van der Waals surface area contributed by atoms with Crippen LogP contribution in [0.15, 0.2) is 212 Å². The largest absolute Gasteiger partial charge is 0.310 e. The number of imidazole rings is 1. The molecular weight excluding hydrogens is 683 g/mol. The molecule has 0 amide bonds. The second-order valence-electron chi connectivity index (χ2n) is 13.7. The lowest BCUT2D eigenvalue weighted by Crippen LogP contribution is -2.10. The number of fused-ring (bicyclic) bond motifs is 2. The van der Waals surface area contributed by atoms with E-state index in [1.807, 2.05) is 54.6 Å². The average Bonchev–Trinajstić information content (AvgIpc) is 3.67. The first kappa shape index (κ1) is 33.0. The Balaban J connectivity index is 1.01. The molecule has 0 atom stereocenters. The molecule has 0 aliphatic rings. The van der Waals surface area contributed by atoms with Crippen LogP contribution in [0.4, 0.5) is 17.1 Å². The predicted octanol–water partition coefficient (Wildman–Crippen LogP) is 13.1. The number of aromatic nitrogens is 4. The van der Waals surface area contributed by atoms with E-state index in [4.69, 9.17) is 15.0 Å². The smallest absolute Gasteiger partial charge is 0.137 e. The van der Waals surface area contributed by atoms with Crippen LogP contribution >= 0.6 is 0 Å². The van der Waals surface area contributed by atoms with Crippen molar-refractivity contribution in [2.24, 2.45) is 0 Å². The predicted molar refractivity (Wildman–Crippen MR) is 230 cm³/mol. The zero-order chi connectivity index (χ0) is 37.3. The Bertz CT molecular complexity index is 2940. The van der Waals surface area contributed by atoms with Crippen molar-refractivity contribution in [1.29, 1.82) is 0 Å². The molecule has 5 heteroatoms. The van der Waals surface area contributed by atoms with Gasteiger partial charge in [-0.05, 0) is 71.8 Å². The highest BCUT2D eigenvalue weighted by Gasteiger charge is 2.19. The summed E-state index contributed by atoms with van der Waals surface area (Å²) in [5.74, 6) is 0. The SMILES string of the molecule is c1ccc(-c2nc3ccccc3nc2-c2ccc(-c3ccc(N(c4ccccc4)c4cccc(-c5c(-c6ccccc6)nc6ccccn56)c4)cc3)cc2)cc1. The fraction of sp³-hybridized carbons (Fsp3) is 0. The Kier molecular flexibility index (Phi) is 8.43. The maximum atomic E-state index is 5.10. The minimum atomic E-state index is 0.873. The summed E-state index contributed by atoms with van der Waals surface area (Å²) in [7, 11) is 0. The second-order valence-corrected chi connectivity index (χ2v) is 13.7. The van der Waals surface area contributed by atoms with Gasteiger partial charge in [0.2, 0.25) is 0 Å². The van der Waals surface area contributed by atoms with Gasteiger partial charge in [0, 0.05) is 45.5 Å². The van der Waals surface area contributed by atoms with Gasteiger partial charge in [0.15, 0.2) is 0 Å². The van der Waals surface area contributed by atoms with Crippen LogP contribution in [-0.2, 0) is 0 Å². The van der Waals surface area contributed by atoms with Crippen molar-refractivity contribution < 1.29 is 0 Å². The summed E-state index contributed by atoms with van der Waals surface area (Å²) in [5, 5.41) is 0. The highest BCUT2D eigenvalue weighted by atomic mass is 15.1. The summed E-state index contributed by atoms with van der Waals surface area (Å²) in [5.41, 5.74) is 16.2. The normalized spacial score (nSPS) is 11.2. The quantitative estimate of drug-likeness (QED) is 0.157. The Morgan fingerprint density at radius 1 is 0.321 bits per heavy atom. The van der Waals surface area contributed by atoms with E-state index < -0.39 is 0 Å². The molecule has 10 rings (SSSR count). The number of nitrogens with zero attached hydrogens (tertiary/aromatic N) is 5. The maximum Gasteiger partial charge on any atom is 0.137 e. The standard InChI is InChI=1S/C51H35N5/c1-4-15-38(16-5-1)48-49(53-46-24-11-10-23-45(46)52-48)40-28-26-36(27-29-40)37-30-32-43(33-31-37)56(42-20-8-3-9-21-42)44-22-14-19-41(35-44)51-50(39-17-6-2-7-18-39)54-47-25-12-13-34-55(47)51/h1-35H. The lowest BCUT2D eigenvalue weighted by molar-refractivity contribution is 1.19. The van der Waals surface area contributed by atoms with Crippen molar-refractivity contribution in [3.8, 4) is 56.2 Å². The molecule has 3 aromatic heterocycles. The third kappa shape index (κ3) is 6.17. The number of benzene rings is 7. The Labute approximate surface area is 325 Å². The molecule has 5 nitrogen and oxygen atoms in total. The molecule has 10 aromatic rings. The van der Waals surface area contributed by atoms with Crippen LogP contribution in [0, 0.1) is 0 Å². The minimum Gasteiger partial charge on any atom is -0.310 e. The molecule has 0 saturated heterocycles. The highest BCUT2D eigenvalue weighted by molar-refractivity contribution is 5.88. The van der Waals surface area contributed by atoms with Gasteiger partial charge in [-0.15, -0.1) is 0 Å². The molecule has 0 N–H and O–H groups in total. The van der Waals surface area contributed by atoms with Crippen LogP contribution in [0.5, 0.6) is 0 Å². The number of rotatable bonds is 8. The van der Waals surface area contributed by atoms with Crippen LogP contribution in [0.25, 0.3) is 72.8 Å². The van der Waals surface area contributed by atoms with Crippen molar-refractivity contribution in [3.05, 3.63) is 212 Å². The van der Waals surface area contributed by atoms with Gasteiger partial charge in [-0.1, -0.05) is 146 Å². The summed E-state index contributed by atoms with van der Waals surface area (Å²) in [6.45, 7) is 0. The number of hydrogen-bond donors (Lipinski definition) is 0. The number of para-hydroxylation sites is 3. The minimum absolute atomic E-state index is 0.873. The summed E-state index contributed by atoms with van der Waals surface area (Å²) in [6, 6.07) is 71.7. The van der Waals surface area contributed by atoms with Crippen molar-refractivity contribution in [3.63, 3.8) is 0 Å². The molecule has 3 heterocycles. The molecule has 0 unspecified atom stereocenters. The van der Waals surface area contributed by atoms with E-state index in [1.165, 1.54) is 0 Å². The Morgan fingerprint density at radius 3 is 1.43 bits per heavy atom. The van der Waals surface area contributed by atoms with Gasteiger partial charge in [0.05, 0.1) is 33.8 Å². The van der Waals surface area contributed by atoms with Crippen molar-refractivity contribution in [2.45, 2.75) is 0 Å². The summed E-state index contributed by atoms with van der Waals surface area (Å²) in [4.78, 5) is 17.6. The van der Waals surface area contributed by atoms with Gasteiger partial charge in [-0.25, -0.2) is 15.0 Å². The van der Waals surface area contributed by atoms with E-state index in [2.05, 4.69) is 167 Å². The third-order valence-corrected chi connectivity index (χ3v) is 10.2. The van der Waals surface area contributed by atoms with E-state index in [9.17, 15) is 0 Å². The molecule has 0 spiro atoms. The summed E-state index contributed by atoms with van der Waals surface area (Å²) in [6.07, 6.45) is 2.09. The van der Waals surface area contributed by atoms with Crippen LogP contribution in [0.2, 0.25) is 0 Å². The number of anilines is 3. The molecule has 0 aliphatic carbocycles. The van der Waals surface area contributed by atoms with Crippen LogP contribution < -0.4 is 4.90 Å². The molecule has 0 aliphatic heterocycles. The first-order chi connectivity index (χ1) is 27.8. The van der Waals surface area contributed by atoms with E-state index in [1.54, 1.807) is 0 Å². The number of hydrogen-bond acceptors (Lipinski definition) is 4.